The van der Waals surface area contributed by atoms with Gasteiger partial charge in [0.15, 0.2) is 0 Å². The van der Waals surface area contributed by atoms with Crippen LogP contribution in [0.2, 0.25) is 0 Å². The van der Waals surface area contributed by atoms with Crippen LogP contribution in [0.15, 0.2) is 48.5 Å². The number of hydrogen-bond donors (Lipinski definition) is 1. The van der Waals surface area contributed by atoms with E-state index in [9.17, 15) is 14.9 Å². The van der Waals surface area contributed by atoms with Gasteiger partial charge in [0, 0.05) is 22.6 Å². The van der Waals surface area contributed by atoms with Gasteiger partial charge in [-0.15, -0.1) is 11.3 Å². The summed E-state index contributed by atoms with van der Waals surface area (Å²) in [6.45, 7) is 0. The van der Waals surface area contributed by atoms with Gasteiger partial charge in [-0.1, -0.05) is 24.3 Å². The minimum Gasteiger partial charge on any atom is -0.326 e. The molecule has 0 unspecified atom stereocenters. The quantitative estimate of drug-likeness (QED) is 0.582. The highest BCUT2D eigenvalue weighted by Gasteiger charge is 2.53. The minimum absolute atomic E-state index is 0.293. The maximum absolute atomic E-state index is 12.0. The van der Waals surface area contributed by atoms with Crippen molar-refractivity contribution in [1.82, 2.24) is 4.98 Å². The maximum Gasteiger partial charge on any atom is 0.234 e. The van der Waals surface area contributed by atoms with Crippen LogP contribution < -0.4 is 5.32 Å². The Labute approximate surface area is 141 Å². The molecule has 0 aliphatic heterocycles. The smallest absolute Gasteiger partial charge is 0.234 e. The number of fused-ring (bicyclic) bond motifs is 1. The molecule has 0 spiro atoms. The SMILES string of the molecule is O=C(Nc1cccc(-c2nc3ccccc3s2)c1)[C@H]1C[C@@H]1[N+](=O)[O-]. The van der Waals surface area contributed by atoms with Crippen LogP contribution >= 0.6 is 11.3 Å². The van der Waals surface area contributed by atoms with Crippen molar-refractivity contribution in [1.29, 1.82) is 0 Å². The van der Waals surface area contributed by atoms with E-state index in [1.165, 1.54) is 0 Å². The lowest BCUT2D eigenvalue weighted by Gasteiger charge is -2.05. The van der Waals surface area contributed by atoms with E-state index >= 15 is 0 Å². The Bertz CT molecular complexity index is 920. The van der Waals surface area contributed by atoms with E-state index in [2.05, 4.69) is 10.3 Å². The fourth-order valence-corrected chi connectivity index (χ4v) is 3.62. The van der Waals surface area contributed by atoms with Gasteiger partial charge >= 0.3 is 0 Å². The summed E-state index contributed by atoms with van der Waals surface area (Å²) in [5.41, 5.74) is 2.49. The summed E-state index contributed by atoms with van der Waals surface area (Å²) in [6.07, 6.45) is 0.316. The third-order valence-corrected chi connectivity index (χ3v) is 5.12. The van der Waals surface area contributed by atoms with Gasteiger partial charge in [-0.25, -0.2) is 4.98 Å². The minimum atomic E-state index is -0.738. The summed E-state index contributed by atoms with van der Waals surface area (Å²) in [7, 11) is 0. The summed E-state index contributed by atoms with van der Waals surface area (Å²) in [5.74, 6) is -0.816. The summed E-state index contributed by atoms with van der Waals surface area (Å²) in [6, 6.07) is 14.6. The van der Waals surface area contributed by atoms with Crippen molar-refractivity contribution >= 4 is 33.1 Å². The van der Waals surface area contributed by atoms with Gasteiger partial charge in [-0.05, 0) is 24.3 Å². The van der Waals surface area contributed by atoms with Crippen LogP contribution in [-0.4, -0.2) is 21.9 Å². The summed E-state index contributed by atoms with van der Waals surface area (Å²) < 4.78 is 1.11. The number of hydrogen-bond acceptors (Lipinski definition) is 5. The van der Waals surface area contributed by atoms with Crippen molar-refractivity contribution in [3.05, 3.63) is 58.6 Å². The van der Waals surface area contributed by atoms with Crippen LogP contribution in [0.5, 0.6) is 0 Å². The molecule has 120 valence electrons. The first-order chi connectivity index (χ1) is 11.6. The van der Waals surface area contributed by atoms with E-state index in [0.717, 1.165) is 20.8 Å². The van der Waals surface area contributed by atoms with Gasteiger partial charge in [0.2, 0.25) is 11.9 Å². The Morgan fingerprint density at radius 2 is 2.08 bits per heavy atom. The Morgan fingerprint density at radius 3 is 2.83 bits per heavy atom. The Morgan fingerprint density at radius 1 is 1.25 bits per heavy atom. The highest BCUT2D eigenvalue weighted by atomic mass is 32.1. The van der Waals surface area contributed by atoms with E-state index in [-0.39, 0.29) is 10.8 Å². The molecule has 7 heteroatoms. The zero-order valence-electron chi connectivity index (χ0n) is 12.5. The molecular formula is C17H13N3O3S. The number of aromatic nitrogens is 1. The maximum atomic E-state index is 12.0. The second-order valence-corrected chi connectivity index (χ2v) is 6.78. The number of nitrogens with zero attached hydrogens (tertiary/aromatic N) is 2. The average Bonchev–Trinajstić information content (AvgIpc) is 3.27. The molecule has 1 saturated carbocycles. The van der Waals surface area contributed by atoms with Crippen molar-refractivity contribution in [3.63, 3.8) is 0 Å². The second kappa shape index (κ2) is 5.68. The molecule has 1 N–H and O–H groups in total. The molecule has 3 aromatic rings. The van der Waals surface area contributed by atoms with E-state index in [1.54, 1.807) is 17.4 Å². The number of anilines is 1. The number of carbonyl (C=O) groups excluding carboxylic acids is 1. The molecule has 1 aliphatic carbocycles. The molecular weight excluding hydrogens is 326 g/mol. The number of nitro groups is 1. The predicted octanol–water partition coefficient (Wildman–Crippen LogP) is 3.57. The van der Waals surface area contributed by atoms with E-state index < -0.39 is 12.0 Å². The molecule has 0 saturated heterocycles. The molecule has 0 radical (unpaired) electrons. The van der Waals surface area contributed by atoms with Crippen LogP contribution in [0.4, 0.5) is 5.69 Å². The Kier molecular flexibility index (Phi) is 3.50. The first-order valence-corrected chi connectivity index (χ1v) is 8.34. The highest BCUT2D eigenvalue weighted by molar-refractivity contribution is 7.21. The second-order valence-electron chi connectivity index (χ2n) is 5.75. The molecule has 1 aromatic heterocycles. The molecule has 1 fully saturated rings. The van der Waals surface area contributed by atoms with Crippen LogP contribution in [0, 0.1) is 16.0 Å². The Balaban J connectivity index is 1.55. The van der Waals surface area contributed by atoms with E-state index in [1.807, 2.05) is 42.5 Å². The van der Waals surface area contributed by atoms with E-state index in [0.29, 0.717) is 12.1 Å². The van der Waals surface area contributed by atoms with Crippen LogP contribution in [0.3, 0.4) is 0 Å². The van der Waals surface area contributed by atoms with Gasteiger partial charge < -0.3 is 5.32 Å². The highest BCUT2D eigenvalue weighted by Crippen LogP contribution is 2.35. The standard InChI is InChI=1S/C17H13N3O3S/c21-16(12-9-14(12)20(22)23)18-11-5-3-4-10(8-11)17-19-13-6-1-2-7-15(13)24-17/h1-8,12,14H,9H2,(H,18,21)/t12-,14-/m0/s1. The predicted molar refractivity (Wildman–Crippen MR) is 92.6 cm³/mol. The number of benzene rings is 2. The van der Waals surface area contributed by atoms with Crippen molar-refractivity contribution in [2.45, 2.75) is 12.5 Å². The van der Waals surface area contributed by atoms with Crippen LogP contribution in [-0.2, 0) is 4.79 Å². The van der Waals surface area contributed by atoms with Crippen LogP contribution in [0.1, 0.15) is 6.42 Å². The third-order valence-electron chi connectivity index (χ3n) is 4.04. The zero-order valence-corrected chi connectivity index (χ0v) is 13.3. The summed E-state index contributed by atoms with van der Waals surface area (Å²) in [4.78, 5) is 26.9. The normalized spacial score (nSPS) is 19.2. The first kappa shape index (κ1) is 14.8. The van der Waals surface area contributed by atoms with Crippen molar-refractivity contribution in [2.24, 2.45) is 5.92 Å². The molecule has 24 heavy (non-hydrogen) atoms. The van der Waals surface area contributed by atoms with Gasteiger partial charge in [0.05, 0.1) is 10.2 Å². The lowest BCUT2D eigenvalue weighted by Crippen LogP contribution is -2.18. The number of amides is 1. The lowest BCUT2D eigenvalue weighted by atomic mass is 10.2. The number of carbonyl (C=O) groups is 1. The molecule has 0 bridgehead atoms. The van der Waals surface area contributed by atoms with Crippen LogP contribution in [0.25, 0.3) is 20.8 Å². The topological polar surface area (TPSA) is 85.1 Å². The Hall–Kier alpha value is -2.80. The number of para-hydroxylation sites is 1. The molecule has 4 rings (SSSR count). The fourth-order valence-electron chi connectivity index (χ4n) is 2.66. The molecule has 1 amide bonds. The number of thiazole rings is 1. The van der Waals surface area contributed by atoms with E-state index in [4.69, 9.17) is 0 Å². The molecule has 1 aliphatic rings. The van der Waals surface area contributed by atoms with Crippen molar-refractivity contribution < 1.29 is 9.72 Å². The molecule has 2 aromatic carbocycles. The lowest BCUT2D eigenvalue weighted by molar-refractivity contribution is -0.497. The van der Waals surface area contributed by atoms with Crippen molar-refractivity contribution in [2.75, 3.05) is 5.32 Å². The average molecular weight is 339 g/mol. The largest absolute Gasteiger partial charge is 0.326 e. The van der Waals surface area contributed by atoms with Gasteiger partial charge in [0.25, 0.3) is 0 Å². The zero-order chi connectivity index (χ0) is 16.7. The van der Waals surface area contributed by atoms with Gasteiger partial charge in [0.1, 0.15) is 10.9 Å². The number of rotatable bonds is 4. The molecule has 1 heterocycles. The summed E-state index contributed by atoms with van der Waals surface area (Å²) in [5, 5.41) is 14.3. The third kappa shape index (κ3) is 2.74. The van der Waals surface area contributed by atoms with Gasteiger partial charge in [-0.2, -0.15) is 0 Å². The fraction of sp³-hybridized carbons (Fsp3) is 0.176. The summed E-state index contributed by atoms with van der Waals surface area (Å²) >= 11 is 1.59. The molecule has 2 atom stereocenters. The van der Waals surface area contributed by atoms with Gasteiger partial charge in [-0.3, -0.25) is 14.9 Å². The first-order valence-electron chi connectivity index (χ1n) is 7.52. The van der Waals surface area contributed by atoms with Crippen molar-refractivity contribution in [3.8, 4) is 10.6 Å². The molecule has 6 nitrogen and oxygen atoms in total. The number of nitrogens with one attached hydrogen (secondary N) is 1. The monoisotopic (exact) mass is 339 g/mol.